The molecule has 0 aliphatic carbocycles. The van der Waals surface area contributed by atoms with Gasteiger partial charge in [0.25, 0.3) is 0 Å². The summed E-state index contributed by atoms with van der Waals surface area (Å²) in [5.41, 5.74) is 0.902. The Bertz CT molecular complexity index is 581. The van der Waals surface area contributed by atoms with Crippen molar-refractivity contribution in [3.8, 4) is 0 Å². The van der Waals surface area contributed by atoms with Gasteiger partial charge in [0.2, 0.25) is 4.77 Å². The van der Waals surface area contributed by atoms with Crippen molar-refractivity contribution >= 4 is 18.4 Å². The molecule has 1 heterocycles. The smallest absolute Gasteiger partial charge is 0.432 e. The van der Waals surface area contributed by atoms with Crippen LogP contribution in [0.1, 0.15) is 5.56 Å². The molecule has 1 N–H and O–H groups in total. The third-order valence-electron chi connectivity index (χ3n) is 2.27. The molecular formula is C11H12N4O3S. The Morgan fingerprint density at radius 3 is 2.79 bits per heavy atom. The number of aromatic amines is 1. The molecule has 2 aromatic rings. The molecule has 7 nitrogen and oxygen atoms in total. The molecule has 0 saturated heterocycles. The van der Waals surface area contributed by atoms with Crippen molar-refractivity contribution in [1.29, 1.82) is 0 Å². The zero-order chi connectivity index (χ0) is 13.5. The zero-order valence-electron chi connectivity index (χ0n) is 9.98. The van der Waals surface area contributed by atoms with E-state index < -0.39 is 6.16 Å². The predicted octanol–water partition coefficient (Wildman–Crippen LogP) is 1.69. The van der Waals surface area contributed by atoms with Crippen LogP contribution in [0.5, 0.6) is 0 Å². The Balaban J connectivity index is 1.68. The Kier molecular flexibility index (Phi) is 4.62. The first-order valence-corrected chi connectivity index (χ1v) is 5.98. The Hall–Kier alpha value is -2.22. The second kappa shape index (κ2) is 6.64. The van der Waals surface area contributed by atoms with Gasteiger partial charge in [-0.15, -0.1) is 0 Å². The van der Waals surface area contributed by atoms with Gasteiger partial charge < -0.3 is 9.47 Å². The summed E-state index contributed by atoms with van der Waals surface area (Å²) in [5, 5.41) is 9.65. The molecule has 0 saturated carbocycles. The highest BCUT2D eigenvalue weighted by Gasteiger charge is 2.04. The molecule has 0 atom stereocenters. The first-order valence-electron chi connectivity index (χ1n) is 5.57. The van der Waals surface area contributed by atoms with Gasteiger partial charge in [-0.2, -0.15) is 5.21 Å². The maximum Gasteiger partial charge on any atom is 0.508 e. The Morgan fingerprint density at radius 1 is 1.32 bits per heavy atom. The van der Waals surface area contributed by atoms with Crippen molar-refractivity contribution in [2.24, 2.45) is 0 Å². The highest BCUT2D eigenvalue weighted by molar-refractivity contribution is 7.71. The number of ether oxygens (including phenoxy) is 2. The summed E-state index contributed by atoms with van der Waals surface area (Å²) in [6.45, 7) is 0.669. The van der Waals surface area contributed by atoms with Crippen molar-refractivity contribution in [2.75, 3.05) is 6.61 Å². The van der Waals surface area contributed by atoms with E-state index in [9.17, 15) is 4.79 Å². The fraction of sp³-hybridized carbons (Fsp3) is 0.273. The highest BCUT2D eigenvalue weighted by Crippen LogP contribution is 2.01. The summed E-state index contributed by atoms with van der Waals surface area (Å²) >= 11 is 4.87. The van der Waals surface area contributed by atoms with Gasteiger partial charge in [-0.3, -0.25) is 0 Å². The van der Waals surface area contributed by atoms with E-state index in [4.69, 9.17) is 21.7 Å². The van der Waals surface area contributed by atoms with Crippen LogP contribution in [0.25, 0.3) is 0 Å². The molecule has 2 rings (SSSR count). The lowest BCUT2D eigenvalue weighted by Crippen LogP contribution is -2.13. The van der Waals surface area contributed by atoms with Crippen LogP contribution in [0.3, 0.4) is 0 Å². The lowest BCUT2D eigenvalue weighted by molar-refractivity contribution is 0.0469. The highest BCUT2D eigenvalue weighted by atomic mass is 32.1. The first kappa shape index (κ1) is 13.2. The summed E-state index contributed by atoms with van der Waals surface area (Å²) in [6, 6.07) is 9.36. The Morgan fingerprint density at radius 2 is 2.11 bits per heavy atom. The number of hydrogen-bond acceptors (Lipinski definition) is 6. The van der Waals surface area contributed by atoms with Gasteiger partial charge in [0.15, 0.2) is 0 Å². The van der Waals surface area contributed by atoms with Crippen LogP contribution in [0.4, 0.5) is 4.79 Å². The molecule has 100 valence electrons. The van der Waals surface area contributed by atoms with Crippen LogP contribution >= 0.6 is 12.2 Å². The minimum absolute atomic E-state index is 0.131. The number of aromatic nitrogens is 4. The molecule has 0 aliphatic rings. The van der Waals surface area contributed by atoms with Crippen LogP contribution in [-0.4, -0.2) is 33.0 Å². The fourth-order valence-corrected chi connectivity index (χ4v) is 1.51. The van der Waals surface area contributed by atoms with Crippen LogP contribution in [0.15, 0.2) is 30.3 Å². The van der Waals surface area contributed by atoms with E-state index in [-0.39, 0.29) is 13.2 Å². The van der Waals surface area contributed by atoms with E-state index in [1.54, 1.807) is 0 Å². The number of nitrogens with one attached hydrogen (secondary N) is 1. The first-order chi connectivity index (χ1) is 9.25. The minimum Gasteiger partial charge on any atom is -0.432 e. The average molecular weight is 280 g/mol. The lowest BCUT2D eigenvalue weighted by atomic mass is 10.2. The van der Waals surface area contributed by atoms with Crippen LogP contribution in [-0.2, 0) is 22.6 Å². The summed E-state index contributed by atoms with van der Waals surface area (Å²) in [5.74, 6) is 0. The second-order valence-corrected chi connectivity index (χ2v) is 3.97. The summed E-state index contributed by atoms with van der Waals surface area (Å²) in [6.07, 6.45) is -0.720. The molecule has 0 fully saturated rings. The number of hydrogen-bond donors (Lipinski definition) is 1. The van der Waals surface area contributed by atoms with E-state index in [2.05, 4.69) is 15.5 Å². The Labute approximate surface area is 114 Å². The topological polar surface area (TPSA) is 82.0 Å². The second-order valence-electron chi connectivity index (χ2n) is 3.61. The van der Waals surface area contributed by atoms with E-state index in [0.717, 1.165) is 5.56 Å². The van der Waals surface area contributed by atoms with Crippen molar-refractivity contribution in [2.45, 2.75) is 13.2 Å². The molecule has 8 heteroatoms. The molecular weight excluding hydrogens is 268 g/mol. The van der Waals surface area contributed by atoms with E-state index in [0.29, 0.717) is 11.3 Å². The molecule has 0 amide bonds. The van der Waals surface area contributed by atoms with E-state index >= 15 is 0 Å². The molecule has 1 aromatic carbocycles. The van der Waals surface area contributed by atoms with E-state index in [1.807, 2.05) is 30.3 Å². The standard InChI is InChI=1S/C11H12N4O3S/c16-11(18-8-9-4-2-1-3-5-9)17-7-6-15-10(19)12-13-14-15/h1-5H,6-8H2,(H,12,14,19). The number of carbonyl (C=O) groups excluding carboxylic acids is 1. The lowest BCUT2D eigenvalue weighted by Gasteiger charge is -2.06. The van der Waals surface area contributed by atoms with Gasteiger partial charge >= 0.3 is 6.16 Å². The quantitative estimate of drug-likeness (QED) is 0.663. The minimum atomic E-state index is -0.720. The van der Waals surface area contributed by atoms with Crippen LogP contribution in [0, 0.1) is 4.77 Å². The molecule has 19 heavy (non-hydrogen) atoms. The molecule has 0 bridgehead atoms. The third-order valence-corrected chi connectivity index (χ3v) is 2.57. The van der Waals surface area contributed by atoms with Crippen LogP contribution < -0.4 is 0 Å². The maximum atomic E-state index is 11.3. The molecule has 1 aromatic heterocycles. The van der Waals surface area contributed by atoms with Gasteiger partial charge in [-0.25, -0.2) is 9.48 Å². The normalized spacial score (nSPS) is 10.1. The molecule has 0 unspecified atom stereocenters. The van der Waals surface area contributed by atoms with Crippen molar-refractivity contribution in [1.82, 2.24) is 20.2 Å². The predicted molar refractivity (Wildman–Crippen MR) is 67.8 cm³/mol. The summed E-state index contributed by atoms with van der Waals surface area (Å²) in [4.78, 5) is 11.3. The number of tetrazole rings is 1. The number of carbonyl (C=O) groups is 1. The molecule has 0 spiro atoms. The van der Waals surface area contributed by atoms with Crippen molar-refractivity contribution < 1.29 is 14.3 Å². The number of benzene rings is 1. The zero-order valence-corrected chi connectivity index (χ0v) is 10.8. The molecule has 0 aliphatic heterocycles. The van der Waals surface area contributed by atoms with Crippen molar-refractivity contribution in [3.05, 3.63) is 40.7 Å². The average Bonchev–Trinajstić information content (AvgIpc) is 2.83. The monoisotopic (exact) mass is 280 g/mol. The molecule has 0 radical (unpaired) electrons. The van der Waals surface area contributed by atoms with E-state index in [1.165, 1.54) is 4.68 Å². The van der Waals surface area contributed by atoms with Gasteiger partial charge in [0.1, 0.15) is 13.2 Å². The third kappa shape index (κ3) is 4.18. The number of nitrogens with zero attached hydrogens (tertiary/aromatic N) is 3. The number of rotatable bonds is 5. The number of H-pyrrole nitrogens is 1. The maximum absolute atomic E-state index is 11.3. The van der Waals surface area contributed by atoms with Gasteiger partial charge in [0, 0.05) is 0 Å². The fourth-order valence-electron chi connectivity index (χ4n) is 1.34. The summed E-state index contributed by atoms with van der Waals surface area (Å²) in [7, 11) is 0. The SMILES string of the molecule is O=C(OCCn1[nH]nnc1=S)OCc1ccccc1. The van der Waals surface area contributed by atoms with Gasteiger partial charge in [0.05, 0.1) is 6.54 Å². The van der Waals surface area contributed by atoms with Gasteiger partial charge in [-0.1, -0.05) is 40.6 Å². The largest absolute Gasteiger partial charge is 0.508 e. The van der Waals surface area contributed by atoms with Crippen molar-refractivity contribution in [3.63, 3.8) is 0 Å². The van der Waals surface area contributed by atoms with Gasteiger partial charge in [-0.05, 0) is 17.8 Å². The van der Waals surface area contributed by atoms with Crippen LogP contribution in [0.2, 0.25) is 0 Å². The summed E-state index contributed by atoms with van der Waals surface area (Å²) < 4.78 is 11.6.